The van der Waals surface area contributed by atoms with Gasteiger partial charge in [-0.3, -0.25) is 14.5 Å². The summed E-state index contributed by atoms with van der Waals surface area (Å²) in [6.45, 7) is 1.16. The molecule has 8 nitrogen and oxygen atoms in total. The zero-order valence-corrected chi connectivity index (χ0v) is 18.9. The van der Waals surface area contributed by atoms with Gasteiger partial charge in [-0.25, -0.2) is 17.5 Å². The minimum atomic E-state index is -3.62. The van der Waals surface area contributed by atoms with Gasteiger partial charge in [0.1, 0.15) is 10.0 Å². The number of amides is 2. The lowest BCUT2D eigenvalue weighted by molar-refractivity contribution is -0.129. The lowest BCUT2D eigenvalue weighted by Gasteiger charge is -2.37. The van der Waals surface area contributed by atoms with E-state index in [0.29, 0.717) is 32.5 Å². The van der Waals surface area contributed by atoms with Crippen molar-refractivity contribution in [3.05, 3.63) is 53.2 Å². The number of nitrogens with one attached hydrogen (secondary N) is 3. The average molecular weight is 481 g/mol. The van der Waals surface area contributed by atoms with E-state index in [4.69, 9.17) is 0 Å². The number of rotatable bonds is 8. The number of carbonyl (C=O) groups excluding carboxylic acids is 2. The van der Waals surface area contributed by atoms with Crippen molar-refractivity contribution < 1.29 is 22.4 Å². The predicted octanol–water partition coefficient (Wildman–Crippen LogP) is 1.20. The topological polar surface area (TPSA) is 108 Å². The van der Waals surface area contributed by atoms with Crippen LogP contribution in [0.25, 0.3) is 0 Å². The van der Waals surface area contributed by atoms with E-state index in [9.17, 15) is 22.4 Å². The monoisotopic (exact) mass is 480 g/mol. The molecule has 0 spiro atoms. The molecule has 3 N–H and O–H groups in total. The zero-order chi connectivity index (χ0) is 22.7. The summed E-state index contributed by atoms with van der Waals surface area (Å²) in [4.78, 5) is 26.6. The number of sulfonamides is 1. The van der Waals surface area contributed by atoms with E-state index in [1.165, 1.54) is 12.1 Å². The number of carbonyl (C=O) groups is 2. The van der Waals surface area contributed by atoms with Crippen molar-refractivity contribution in [2.75, 3.05) is 13.1 Å². The lowest BCUT2D eigenvalue weighted by atomic mass is 10.0. The summed E-state index contributed by atoms with van der Waals surface area (Å²) in [5, 5.41) is 7.41. The molecule has 2 aromatic rings. The lowest BCUT2D eigenvalue weighted by Crippen LogP contribution is -2.58. The van der Waals surface area contributed by atoms with E-state index in [0.717, 1.165) is 16.9 Å². The molecule has 2 aliphatic rings. The van der Waals surface area contributed by atoms with Crippen LogP contribution in [0.1, 0.15) is 24.8 Å². The van der Waals surface area contributed by atoms with Crippen LogP contribution in [0.3, 0.4) is 0 Å². The molecule has 0 aliphatic carbocycles. The highest BCUT2D eigenvalue weighted by atomic mass is 32.2. The summed E-state index contributed by atoms with van der Waals surface area (Å²) in [6.07, 6.45) is 1.21. The molecular weight excluding hydrogens is 455 g/mol. The third-order valence-corrected chi connectivity index (χ3v) is 8.73. The van der Waals surface area contributed by atoms with Crippen LogP contribution in [0.15, 0.2) is 46.0 Å². The highest BCUT2D eigenvalue weighted by Crippen LogP contribution is 2.27. The highest BCUT2D eigenvalue weighted by Gasteiger charge is 2.44. The molecule has 2 amide bonds. The zero-order valence-electron chi connectivity index (χ0n) is 17.3. The summed E-state index contributed by atoms with van der Waals surface area (Å²) < 4.78 is 41.0. The molecule has 1 aromatic carbocycles. The molecule has 2 fully saturated rings. The van der Waals surface area contributed by atoms with Gasteiger partial charge in [-0.1, -0.05) is 18.2 Å². The minimum absolute atomic E-state index is 0.0505. The fraction of sp³-hybridized carbons (Fsp3) is 0.429. The molecule has 0 radical (unpaired) electrons. The number of piperazine rings is 1. The van der Waals surface area contributed by atoms with Gasteiger partial charge in [0.15, 0.2) is 0 Å². The third kappa shape index (κ3) is 5.34. The van der Waals surface area contributed by atoms with E-state index in [-0.39, 0.29) is 40.3 Å². The standard InChI is InChI=1S/C21H25FN4O4S2/c22-15-5-3-14(4-6-15)11-23-19(27)8-7-17-12-24-21(28)18-10-16(13-26(17)18)25-32(29,30)20-2-1-9-31-20/h1-6,9,16-18,25H,7-8,10-13H2,(H,23,27)(H,24,28)/t16-,17+,18-/m0/s1. The van der Waals surface area contributed by atoms with Gasteiger partial charge in [-0.05, 0) is 42.0 Å². The average Bonchev–Trinajstić information content (AvgIpc) is 3.44. The first-order valence-electron chi connectivity index (χ1n) is 10.4. The second kappa shape index (κ2) is 9.65. The van der Waals surface area contributed by atoms with Crippen LogP contribution in [0.4, 0.5) is 4.39 Å². The summed E-state index contributed by atoms with van der Waals surface area (Å²) in [5.74, 6) is -0.563. The number of hydrogen-bond acceptors (Lipinski definition) is 6. The Kier molecular flexibility index (Phi) is 6.89. The van der Waals surface area contributed by atoms with Crippen molar-refractivity contribution in [3.8, 4) is 0 Å². The van der Waals surface area contributed by atoms with Crippen molar-refractivity contribution in [1.82, 2.24) is 20.3 Å². The fourth-order valence-electron chi connectivity index (χ4n) is 4.21. The van der Waals surface area contributed by atoms with E-state index >= 15 is 0 Å². The number of benzene rings is 1. The van der Waals surface area contributed by atoms with Crippen LogP contribution in [0, 0.1) is 5.82 Å². The van der Waals surface area contributed by atoms with Gasteiger partial charge in [-0.2, -0.15) is 0 Å². The molecule has 0 unspecified atom stereocenters. The van der Waals surface area contributed by atoms with E-state index in [1.54, 1.807) is 29.6 Å². The van der Waals surface area contributed by atoms with Crippen molar-refractivity contribution in [2.45, 2.75) is 48.1 Å². The Morgan fingerprint density at radius 3 is 2.75 bits per heavy atom. The second-order valence-corrected chi connectivity index (χ2v) is 10.9. The maximum absolute atomic E-state index is 13.0. The SMILES string of the molecule is O=C(CC[C@@H]1CNC(=O)[C@@H]2C[C@H](NS(=O)(=O)c3cccs3)CN12)NCc1ccc(F)cc1. The minimum Gasteiger partial charge on any atom is -0.353 e. The molecule has 3 atom stereocenters. The summed E-state index contributed by atoms with van der Waals surface area (Å²) in [6, 6.07) is 8.35. The van der Waals surface area contributed by atoms with Gasteiger partial charge in [0.05, 0.1) is 6.04 Å². The first-order chi connectivity index (χ1) is 15.3. The van der Waals surface area contributed by atoms with Crippen molar-refractivity contribution >= 4 is 33.2 Å². The Labute approximate surface area is 190 Å². The van der Waals surface area contributed by atoms with Crippen molar-refractivity contribution in [3.63, 3.8) is 0 Å². The number of halogens is 1. The van der Waals surface area contributed by atoms with Crippen LogP contribution in [0.5, 0.6) is 0 Å². The Bertz CT molecular complexity index is 1060. The first kappa shape index (κ1) is 22.8. The molecular formula is C21H25FN4O4S2. The maximum Gasteiger partial charge on any atom is 0.250 e. The predicted molar refractivity (Wildman–Crippen MR) is 118 cm³/mol. The number of hydrogen-bond donors (Lipinski definition) is 3. The smallest absolute Gasteiger partial charge is 0.250 e. The van der Waals surface area contributed by atoms with Gasteiger partial charge in [0, 0.05) is 38.1 Å². The van der Waals surface area contributed by atoms with E-state index < -0.39 is 16.1 Å². The Morgan fingerprint density at radius 2 is 2.03 bits per heavy atom. The Morgan fingerprint density at radius 1 is 1.25 bits per heavy atom. The highest BCUT2D eigenvalue weighted by molar-refractivity contribution is 7.91. The van der Waals surface area contributed by atoms with Crippen LogP contribution < -0.4 is 15.4 Å². The van der Waals surface area contributed by atoms with Crippen LogP contribution in [0.2, 0.25) is 0 Å². The molecule has 2 aliphatic heterocycles. The summed E-state index contributed by atoms with van der Waals surface area (Å²) in [7, 11) is -3.62. The van der Waals surface area contributed by atoms with Gasteiger partial charge in [-0.15, -0.1) is 11.3 Å². The molecule has 11 heteroatoms. The number of fused-ring (bicyclic) bond motifs is 1. The molecule has 4 rings (SSSR count). The van der Waals surface area contributed by atoms with Crippen LogP contribution in [-0.2, 0) is 26.2 Å². The maximum atomic E-state index is 13.0. The van der Waals surface area contributed by atoms with Crippen LogP contribution in [-0.4, -0.2) is 56.3 Å². The quantitative estimate of drug-likeness (QED) is 0.526. The molecule has 2 saturated heterocycles. The summed E-state index contributed by atoms with van der Waals surface area (Å²) >= 11 is 1.15. The van der Waals surface area contributed by atoms with Crippen molar-refractivity contribution in [1.29, 1.82) is 0 Å². The van der Waals surface area contributed by atoms with E-state index in [1.807, 2.05) is 4.90 Å². The van der Waals surface area contributed by atoms with Gasteiger partial charge in [0.2, 0.25) is 21.8 Å². The second-order valence-electron chi connectivity index (χ2n) is 8.04. The normalized spacial score (nSPS) is 23.5. The van der Waals surface area contributed by atoms with Crippen molar-refractivity contribution in [2.24, 2.45) is 0 Å². The van der Waals surface area contributed by atoms with Gasteiger partial charge in [0.25, 0.3) is 0 Å². The Balaban J connectivity index is 1.30. The first-order valence-corrected chi connectivity index (χ1v) is 12.8. The molecule has 172 valence electrons. The van der Waals surface area contributed by atoms with Gasteiger partial charge < -0.3 is 10.6 Å². The molecule has 0 saturated carbocycles. The number of nitrogens with zero attached hydrogens (tertiary/aromatic N) is 1. The van der Waals surface area contributed by atoms with Crippen LogP contribution >= 0.6 is 11.3 Å². The summed E-state index contributed by atoms with van der Waals surface area (Å²) in [5.41, 5.74) is 0.810. The molecule has 32 heavy (non-hydrogen) atoms. The molecule has 1 aromatic heterocycles. The third-order valence-electron chi connectivity index (χ3n) is 5.81. The largest absolute Gasteiger partial charge is 0.353 e. The van der Waals surface area contributed by atoms with Gasteiger partial charge >= 0.3 is 0 Å². The molecule has 0 bridgehead atoms. The fourth-order valence-corrected chi connectivity index (χ4v) is 6.46. The van der Waals surface area contributed by atoms with E-state index in [2.05, 4.69) is 15.4 Å². The molecule has 3 heterocycles. The number of thiophene rings is 1. The Hall–Kier alpha value is -2.34.